The Morgan fingerprint density at radius 3 is 2.81 bits per heavy atom. The summed E-state index contributed by atoms with van der Waals surface area (Å²) < 4.78 is 0. The molecule has 0 atom stereocenters. The van der Waals surface area contributed by atoms with Crippen molar-refractivity contribution in [1.29, 1.82) is 0 Å². The molecule has 1 N–H and O–H groups in total. The molecule has 0 saturated carbocycles. The maximum absolute atomic E-state index is 12.2. The van der Waals surface area contributed by atoms with Crippen LogP contribution in [-0.2, 0) is 6.42 Å². The summed E-state index contributed by atoms with van der Waals surface area (Å²) in [4.78, 5) is 21.9. The van der Waals surface area contributed by atoms with Gasteiger partial charge in [0.05, 0.1) is 10.9 Å². The minimum atomic E-state index is -0.0846. The summed E-state index contributed by atoms with van der Waals surface area (Å²) >= 11 is 0. The van der Waals surface area contributed by atoms with E-state index in [1.807, 2.05) is 24.3 Å². The van der Waals surface area contributed by atoms with Gasteiger partial charge in [0.2, 0.25) is 5.95 Å². The van der Waals surface area contributed by atoms with Gasteiger partial charge in [-0.25, -0.2) is 4.98 Å². The molecule has 0 bridgehead atoms. The van der Waals surface area contributed by atoms with Crippen LogP contribution in [0.2, 0.25) is 0 Å². The van der Waals surface area contributed by atoms with Crippen LogP contribution in [0, 0.1) is 0 Å². The van der Waals surface area contributed by atoms with Gasteiger partial charge in [0.15, 0.2) is 0 Å². The van der Waals surface area contributed by atoms with E-state index < -0.39 is 0 Å². The largest absolute Gasteiger partial charge is 0.312 e. The lowest BCUT2D eigenvalue weighted by molar-refractivity contribution is 0.751. The lowest BCUT2D eigenvalue weighted by Gasteiger charge is -2.29. The highest BCUT2D eigenvalue weighted by Gasteiger charge is 2.19. The molecule has 2 aromatic carbocycles. The molecule has 4 nitrogen and oxygen atoms in total. The Morgan fingerprint density at radius 1 is 1.05 bits per heavy atom. The molecular weight excluding hydrogens is 262 g/mol. The fourth-order valence-electron chi connectivity index (χ4n) is 2.96. The van der Waals surface area contributed by atoms with Crippen molar-refractivity contribution in [3.63, 3.8) is 0 Å². The first-order valence-electron chi connectivity index (χ1n) is 7.17. The summed E-state index contributed by atoms with van der Waals surface area (Å²) in [6.45, 7) is 0.873. The summed E-state index contributed by atoms with van der Waals surface area (Å²) in [6.07, 6.45) is 2.14. The van der Waals surface area contributed by atoms with Gasteiger partial charge in [0.25, 0.3) is 5.56 Å². The third-order valence-electron chi connectivity index (χ3n) is 3.97. The highest BCUT2D eigenvalue weighted by atomic mass is 16.1. The topological polar surface area (TPSA) is 49.0 Å². The second-order valence-corrected chi connectivity index (χ2v) is 5.29. The van der Waals surface area contributed by atoms with Crippen LogP contribution in [0.5, 0.6) is 0 Å². The van der Waals surface area contributed by atoms with Crippen molar-refractivity contribution < 1.29 is 0 Å². The minimum Gasteiger partial charge on any atom is -0.312 e. The zero-order valence-electron chi connectivity index (χ0n) is 11.5. The number of benzene rings is 2. The first kappa shape index (κ1) is 12.1. The molecule has 0 unspecified atom stereocenters. The molecule has 1 aliphatic heterocycles. The molecule has 104 valence electrons. The number of nitrogens with one attached hydrogen (secondary N) is 1. The number of hydrogen-bond donors (Lipinski definition) is 1. The smallest absolute Gasteiger partial charge is 0.260 e. The molecule has 0 aliphatic carbocycles. The van der Waals surface area contributed by atoms with E-state index in [4.69, 9.17) is 0 Å². The molecule has 21 heavy (non-hydrogen) atoms. The monoisotopic (exact) mass is 277 g/mol. The van der Waals surface area contributed by atoms with Gasteiger partial charge in [-0.15, -0.1) is 0 Å². The summed E-state index contributed by atoms with van der Waals surface area (Å²) in [5.74, 6) is 0.630. The van der Waals surface area contributed by atoms with Gasteiger partial charge in [-0.3, -0.25) is 9.78 Å². The molecule has 0 saturated heterocycles. The highest BCUT2D eigenvalue weighted by Crippen LogP contribution is 2.31. The van der Waals surface area contributed by atoms with Crippen molar-refractivity contribution in [1.82, 2.24) is 9.97 Å². The van der Waals surface area contributed by atoms with Crippen molar-refractivity contribution in [2.24, 2.45) is 0 Å². The van der Waals surface area contributed by atoms with Gasteiger partial charge in [0, 0.05) is 12.2 Å². The second kappa shape index (κ2) is 4.74. The Hall–Kier alpha value is -2.62. The van der Waals surface area contributed by atoms with Crippen molar-refractivity contribution in [3.8, 4) is 0 Å². The fourth-order valence-corrected chi connectivity index (χ4v) is 2.96. The first-order valence-corrected chi connectivity index (χ1v) is 7.17. The lowest BCUT2D eigenvalue weighted by Crippen LogP contribution is -2.28. The van der Waals surface area contributed by atoms with Crippen LogP contribution in [0.3, 0.4) is 0 Å². The van der Waals surface area contributed by atoms with Gasteiger partial charge in [0.1, 0.15) is 0 Å². The van der Waals surface area contributed by atoms with E-state index in [-0.39, 0.29) is 5.56 Å². The summed E-state index contributed by atoms with van der Waals surface area (Å²) in [5.41, 5.74) is 3.10. The van der Waals surface area contributed by atoms with Gasteiger partial charge in [-0.05, 0) is 36.6 Å². The Bertz CT molecular complexity index is 869. The molecule has 2 heterocycles. The zero-order valence-corrected chi connectivity index (χ0v) is 11.5. The zero-order chi connectivity index (χ0) is 14.2. The van der Waals surface area contributed by atoms with E-state index in [9.17, 15) is 4.79 Å². The maximum atomic E-state index is 12.2. The van der Waals surface area contributed by atoms with Crippen molar-refractivity contribution in [3.05, 3.63) is 64.4 Å². The number of H-pyrrole nitrogens is 1. The van der Waals surface area contributed by atoms with Gasteiger partial charge in [-0.1, -0.05) is 30.3 Å². The summed E-state index contributed by atoms with van der Waals surface area (Å²) in [6, 6.07) is 15.7. The average Bonchev–Trinajstić information content (AvgIpc) is 2.54. The number of nitrogens with zero attached hydrogens (tertiary/aromatic N) is 2. The predicted molar refractivity (Wildman–Crippen MR) is 84.1 cm³/mol. The Kier molecular flexibility index (Phi) is 2.74. The number of para-hydroxylation sites is 2. The molecule has 4 heteroatoms. The van der Waals surface area contributed by atoms with E-state index in [1.165, 1.54) is 5.56 Å². The predicted octanol–water partition coefficient (Wildman–Crippen LogP) is 3.01. The number of rotatable bonds is 1. The van der Waals surface area contributed by atoms with E-state index in [2.05, 4.69) is 33.1 Å². The Balaban J connectivity index is 1.90. The van der Waals surface area contributed by atoms with Crippen molar-refractivity contribution in [2.45, 2.75) is 12.8 Å². The lowest BCUT2D eigenvalue weighted by atomic mass is 10.0. The normalized spacial score (nSPS) is 14.2. The van der Waals surface area contributed by atoms with Crippen LogP contribution in [-0.4, -0.2) is 16.5 Å². The van der Waals surface area contributed by atoms with E-state index in [0.717, 1.165) is 30.6 Å². The number of anilines is 2. The van der Waals surface area contributed by atoms with Crippen LogP contribution in [0.15, 0.2) is 53.3 Å². The molecular formula is C17H15N3O. The molecule has 0 radical (unpaired) electrons. The fraction of sp³-hybridized carbons (Fsp3) is 0.176. The third-order valence-corrected chi connectivity index (χ3v) is 3.97. The molecule has 4 rings (SSSR count). The Labute approximate surface area is 122 Å². The first-order chi connectivity index (χ1) is 10.3. The van der Waals surface area contributed by atoms with Crippen molar-refractivity contribution in [2.75, 3.05) is 11.4 Å². The van der Waals surface area contributed by atoms with Crippen LogP contribution >= 0.6 is 0 Å². The Morgan fingerprint density at radius 2 is 1.86 bits per heavy atom. The molecule has 0 fully saturated rings. The van der Waals surface area contributed by atoms with Gasteiger partial charge >= 0.3 is 0 Å². The minimum absolute atomic E-state index is 0.0846. The third kappa shape index (κ3) is 2.00. The molecule has 0 spiro atoms. The second-order valence-electron chi connectivity index (χ2n) is 5.29. The SMILES string of the molecule is O=c1[nH]c(N2CCCc3ccccc32)nc2ccccc12. The van der Waals surface area contributed by atoms with Crippen LogP contribution < -0.4 is 10.5 Å². The van der Waals surface area contributed by atoms with E-state index in [1.54, 1.807) is 6.07 Å². The van der Waals surface area contributed by atoms with Crippen molar-refractivity contribution >= 4 is 22.5 Å². The molecule has 1 aromatic heterocycles. The number of aromatic amines is 1. The number of hydrogen-bond acceptors (Lipinski definition) is 3. The number of aromatic nitrogens is 2. The van der Waals surface area contributed by atoms with Crippen LogP contribution in [0.1, 0.15) is 12.0 Å². The highest BCUT2D eigenvalue weighted by molar-refractivity contribution is 5.79. The molecule has 1 aliphatic rings. The van der Waals surface area contributed by atoms with Crippen LogP contribution in [0.4, 0.5) is 11.6 Å². The van der Waals surface area contributed by atoms with Gasteiger partial charge < -0.3 is 4.90 Å². The average molecular weight is 277 g/mol. The molecule has 0 amide bonds. The van der Waals surface area contributed by atoms with E-state index in [0.29, 0.717) is 11.3 Å². The van der Waals surface area contributed by atoms with Gasteiger partial charge in [-0.2, -0.15) is 0 Å². The standard InChI is InChI=1S/C17H15N3O/c21-16-13-8-2-3-9-14(13)18-17(19-16)20-11-5-7-12-6-1-4-10-15(12)20/h1-4,6,8-10H,5,7,11H2,(H,18,19,21). The number of aryl methyl sites for hydroxylation is 1. The summed E-state index contributed by atoms with van der Waals surface area (Å²) in [7, 11) is 0. The molecule has 3 aromatic rings. The van der Waals surface area contributed by atoms with Crippen LogP contribution in [0.25, 0.3) is 10.9 Å². The van der Waals surface area contributed by atoms with E-state index >= 15 is 0 Å². The summed E-state index contributed by atoms with van der Waals surface area (Å²) in [5, 5.41) is 0.631. The maximum Gasteiger partial charge on any atom is 0.260 e. The number of fused-ring (bicyclic) bond motifs is 2. The quantitative estimate of drug-likeness (QED) is 0.744.